The third-order valence-corrected chi connectivity index (χ3v) is 3.21. The Kier molecular flexibility index (Phi) is 4.46. The minimum atomic E-state index is -0.921. The highest BCUT2D eigenvalue weighted by atomic mass is 16.4. The Balaban J connectivity index is 2.40. The molecule has 1 aromatic heterocycles. The molecule has 0 spiro atoms. The average molecular weight is 266 g/mol. The number of carbonyl (C=O) groups is 1. The predicted molar refractivity (Wildman–Crippen MR) is 74.0 cm³/mol. The molecular formula is C16H14N2O2. The van der Waals surface area contributed by atoms with E-state index in [1.165, 1.54) is 0 Å². The Morgan fingerprint density at radius 1 is 1.20 bits per heavy atom. The SMILES string of the molecule is N#CC(c1ccccc1)C(CC(=O)O)c1cccnc1. The van der Waals surface area contributed by atoms with E-state index in [4.69, 9.17) is 5.11 Å². The van der Waals surface area contributed by atoms with Crippen molar-refractivity contribution in [2.75, 3.05) is 0 Å². The first-order valence-electron chi connectivity index (χ1n) is 6.28. The lowest BCUT2D eigenvalue weighted by atomic mass is 9.81. The van der Waals surface area contributed by atoms with Crippen LogP contribution in [-0.4, -0.2) is 16.1 Å². The Hall–Kier alpha value is -2.67. The van der Waals surface area contributed by atoms with Gasteiger partial charge >= 0.3 is 5.97 Å². The van der Waals surface area contributed by atoms with Crippen molar-refractivity contribution < 1.29 is 9.90 Å². The quantitative estimate of drug-likeness (QED) is 0.902. The summed E-state index contributed by atoms with van der Waals surface area (Å²) in [6.45, 7) is 0. The molecule has 4 nitrogen and oxygen atoms in total. The lowest BCUT2D eigenvalue weighted by Crippen LogP contribution is -2.14. The highest BCUT2D eigenvalue weighted by Gasteiger charge is 2.27. The van der Waals surface area contributed by atoms with E-state index in [1.807, 2.05) is 36.4 Å². The summed E-state index contributed by atoms with van der Waals surface area (Å²) in [5.41, 5.74) is 1.59. The topological polar surface area (TPSA) is 74.0 Å². The standard InChI is InChI=1S/C16H14N2O2/c17-10-15(12-5-2-1-3-6-12)14(9-16(19)20)13-7-4-8-18-11-13/h1-8,11,14-15H,9H2,(H,19,20). The smallest absolute Gasteiger partial charge is 0.304 e. The number of hydrogen-bond acceptors (Lipinski definition) is 3. The molecule has 20 heavy (non-hydrogen) atoms. The van der Waals surface area contributed by atoms with Crippen molar-refractivity contribution in [2.24, 2.45) is 0 Å². The molecule has 2 aromatic rings. The van der Waals surface area contributed by atoms with Gasteiger partial charge in [-0.25, -0.2) is 0 Å². The van der Waals surface area contributed by atoms with E-state index < -0.39 is 17.8 Å². The fourth-order valence-corrected chi connectivity index (χ4v) is 2.27. The maximum Gasteiger partial charge on any atom is 0.304 e. The van der Waals surface area contributed by atoms with Crippen molar-refractivity contribution in [2.45, 2.75) is 18.3 Å². The van der Waals surface area contributed by atoms with Gasteiger partial charge in [0, 0.05) is 18.3 Å². The van der Waals surface area contributed by atoms with Crippen LogP contribution in [0.2, 0.25) is 0 Å². The van der Waals surface area contributed by atoms with Crippen LogP contribution in [-0.2, 0) is 4.79 Å². The van der Waals surface area contributed by atoms with Crippen LogP contribution in [0.5, 0.6) is 0 Å². The number of aromatic nitrogens is 1. The number of aliphatic carboxylic acids is 1. The molecule has 0 bridgehead atoms. The number of rotatable bonds is 5. The number of carboxylic acids is 1. The van der Waals surface area contributed by atoms with Gasteiger partial charge in [0.2, 0.25) is 0 Å². The minimum absolute atomic E-state index is 0.0984. The zero-order valence-corrected chi connectivity index (χ0v) is 10.8. The average Bonchev–Trinajstić information content (AvgIpc) is 2.49. The van der Waals surface area contributed by atoms with Crippen LogP contribution in [0.1, 0.15) is 29.4 Å². The van der Waals surface area contributed by atoms with Crippen LogP contribution in [0.15, 0.2) is 54.9 Å². The van der Waals surface area contributed by atoms with E-state index in [1.54, 1.807) is 18.5 Å². The summed E-state index contributed by atoms with van der Waals surface area (Å²) in [6, 6.07) is 15.1. The van der Waals surface area contributed by atoms with E-state index in [2.05, 4.69) is 11.1 Å². The molecule has 0 aliphatic rings. The van der Waals surface area contributed by atoms with E-state index in [0.717, 1.165) is 11.1 Å². The van der Waals surface area contributed by atoms with Crippen molar-refractivity contribution in [1.29, 1.82) is 5.26 Å². The number of carboxylic acid groups (broad SMARTS) is 1. The molecule has 0 aliphatic heterocycles. The molecule has 1 aromatic carbocycles. The van der Waals surface area contributed by atoms with Gasteiger partial charge in [0.1, 0.15) is 0 Å². The number of benzene rings is 1. The number of pyridine rings is 1. The molecule has 1 heterocycles. The number of nitrogens with zero attached hydrogens (tertiary/aromatic N) is 2. The van der Waals surface area contributed by atoms with Crippen LogP contribution in [0.3, 0.4) is 0 Å². The fraction of sp³-hybridized carbons (Fsp3) is 0.188. The molecule has 2 atom stereocenters. The molecule has 0 amide bonds. The van der Waals surface area contributed by atoms with E-state index in [9.17, 15) is 10.1 Å². The third-order valence-electron chi connectivity index (χ3n) is 3.21. The molecule has 2 unspecified atom stereocenters. The molecule has 1 N–H and O–H groups in total. The second-order valence-electron chi connectivity index (χ2n) is 4.51. The fourth-order valence-electron chi connectivity index (χ4n) is 2.27. The van der Waals surface area contributed by atoms with Crippen LogP contribution in [0, 0.1) is 11.3 Å². The zero-order chi connectivity index (χ0) is 14.4. The Morgan fingerprint density at radius 3 is 2.45 bits per heavy atom. The summed E-state index contributed by atoms with van der Waals surface area (Å²) in [6.07, 6.45) is 3.16. The highest BCUT2D eigenvalue weighted by Crippen LogP contribution is 2.34. The molecule has 4 heteroatoms. The Morgan fingerprint density at radius 2 is 1.90 bits per heavy atom. The molecule has 0 radical (unpaired) electrons. The maximum absolute atomic E-state index is 11.1. The molecule has 0 aliphatic carbocycles. The predicted octanol–water partition coefficient (Wildman–Crippen LogP) is 2.95. The van der Waals surface area contributed by atoms with Gasteiger partial charge in [-0.15, -0.1) is 0 Å². The number of hydrogen-bond donors (Lipinski definition) is 1. The van der Waals surface area contributed by atoms with Crippen LogP contribution < -0.4 is 0 Å². The molecular weight excluding hydrogens is 252 g/mol. The van der Waals surface area contributed by atoms with Crippen molar-refractivity contribution in [3.8, 4) is 6.07 Å². The Bertz CT molecular complexity index is 605. The van der Waals surface area contributed by atoms with Crippen LogP contribution in [0.4, 0.5) is 0 Å². The second kappa shape index (κ2) is 6.48. The third kappa shape index (κ3) is 3.21. The summed E-state index contributed by atoms with van der Waals surface area (Å²) < 4.78 is 0. The van der Waals surface area contributed by atoms with Gasteiger partial charge < -0.3 is 5.11 Å². The van der Waals surface area contributed by atoms with Crippen molar-refractivity contribution in [3.63, 3.8) is 0 Å². The molecule has 0 saturated heterocycles. The summed E-state index contributed by atoms with van der Waals surface area (Å²) >= 11 is 0. The lowest BCUT2D eigenvalue weighted by Gasteiger charge is -2.20. The zero-order valence-electron chi connectivity index (χ0n) is 10.8. The lowest BCUT2D eigenvalue weighted by molar-refractivity contribution is -0.137. The van der Waals surface area contributed by atoms with E-state index >= 15 is 0 Å². The van der Waals surface area contributed by atoms with Gasteiger partial charge in [0.15, 0.2) is 0 Å². The monoisotopic (exact) mass is 266 g/mol. The van der Waals surface area contributed by atoms with Gasteiger partial charge in [-0.05, 0) is 17.2 Å². The van der Waals surface area contributed by atoms with Crippen LogP contribution in [0.25, 0.3) is 0 Å². The molecule has 0 saturated carbocycles. The first-order valence-corrected chi connectivity index (χ1v) is 6.28. The normalized spacial score (nSPS) is 13.2. The largest absolute Gasteiger partial charge is 0.481 e. The molecule has 100 valence electrons. The van der Waals surface area contributed by atoms with E-state index in [0.29, 0.717) is 0 Å². The first-order chi connectivity index (χ1) is 9.72. The Labute approximate surface area is 117 Å². The minimum Gasteiger partial charge on any atom is -0.481 e. The van der Waals surface area contributed by atoms with Crippen LogP contribution >= 0.6 is 0 Å². The van der Waals surface area contributed by atoms with Gasteiger partial charge in [-0.2, -0.15) is 5.26 Å². The molecule has 2 rings (SSSR count). The van der Waals surface area contributed by atoms with Gasteiger partial charge in [-0.3, -0.25) is 9.78 Å². The van der Waals surface area contributed by atoms with Crippen molar-refractivity contribution in [3.05, 3.63) is 66.0 Å². The summed E-state index contributed by atoms with van der Waals surface area (Å²) in [5, 5.41) is 18.6. The summed E-state index contributed by atoms with van der Waals surface area (Å²) in [7, 11) is 0. The van der Waals surface area contributed by atoms with Crippen molar-refractivity contribution in [1.82, 2.24) is 4.98 Å². The maximum atomic E-state index is 11.1. The summed E-state index contributed by atoms with van der Waals surface area (Å²) in [5.74, 6) is -1.83. The highest BCUT2D eigenvalue weighted by molar-refractivity contribution is 5.68. The van der Waals surface area contributed by atoms with E-state index in [-0.39, 0.29) is 6.42 Å². The number of nitriles is 1. The van der Waals surface area contributed by atoms with Crippen molar-refractivity contribution >= 4 is 5.97 Å². The summed E-state index contributed by atoms with van der Waals surface area (Å²) in [4.78, 5) is 15.1. The molecule has 0 fully saturated rings. The van der Waals surface area contributed by atoms with Gasteiger partial charge in [0.25, 0.3) is 0 Å². The van der Waals surface area contributed by atoms with Gasteiger partial charge in [-0.1, -0.05) is 36.4 Å². The first kappa shape index (κ1) is 13.8. The van der Waals surface area contributed by atoms with Gasteiger partial charge in [0.05, 0.1) is 18.4 Å². The second-order valence-corrected chi connectivity index (χ2v) is 4.51.